The summed E-state index contributed by atoms with van der Waals surface area (Å²) in [4.78, 5) is 16.8. The van der Waals surface area contributed by atoms with Crippen LogP contribution < -0.4 is 5.32 Å². The second kappa shape index (κ2) is 7.03. The third-order valence-corrected chi connectivity index (χ3v) is 3.97. The number of para-hydroxylation sites is 1. The number of hydrogen-bond acceptors (Lipinski definition) is 3. The van der Waals surface area contributed by atoms with Crippen LogP contribution in [0.2, 0.25) is 0 Å². The van der Waals surface area contributed by atoms with Gasteiger partial charge in [0.15, 0.2) is 0 Å². The van der Waals surface area contributed by atoms with E-state index in [0.29, 0.717) is 16.9 Å². The molecule has 26 heavy (non-hydrogen) atoms. The maximum atomic E-state index is 12.9. The molecule has 4 aromatic rings. The van der Waals surface area contributed by atoms with Gasteiger partial charge in [0.1, 0.15) is 5.69 Å². The Morgan fingerprint density at radius 3 is 2.19 bits per heavy atom. The number of amides is 1. The average Bonchev–Trinajstić information content (AvgIpc) is 3.16. The fraction of sp³-hybridized carbons (Fsp3) is 0. The number of anilines is 1. The molecule has 0 saturated heterocycles. The number of carbonyl (C=O) groups excluding carboxylic acids is 1. The van der Waals surface area contributed by atoms with E-state index in [1.165, 1.54) is 0 Å². The summed E-state index contributed by atoms with van der Waals surface area (Å²) < 4.78 is 1.73. The summed E-state index contributed by atoms with van der Waals surface area (Å²) in [6.07, 6.45) is 5.04. The highest BCUT2D eigenvalue weighted by molar-refractivity contribution is 6.08. The first-order valence-corrected chi connectivity index (χ1v) is 8.23. The second-order valence-corrected chi connectivity index (χ2v) is 5.73. The predicted molar refractivity (Wildman–Crippen MR) is 101 cm³/mol. The molecule has 0 aliphatic rings. The Hall–Kier alpha value is -3.73. The van der Waals surface area contributed by atoms with Crippen molar-refractivity contribution in [2.45, 2.75) is 0 Å². The highest BCUT2D eigenvalue weighted by Crippen LogP contribution is 2.24. The van der Waals surface area contributed by atoms with Gasteiger partial charge in [-0.05, 0) is 24.3 Å². The minimum absolute atomic E-state index is 0.211. The van der Waals surface area contributed by atoms with Crippen molar-refractivity contribution in [3.8, 4) is 16.9 Å². The van der Waals surface area contributed by atoms with E-state index in [1.54, 1.807) is 35.4 Å². The molecule has 0 unspecified atom stereocenters. The van der Waals surface area contributed by atoms with Crippen LogP contribution in [0.4, 0.5) is 5.69 Å². The number of carbonyl (C=O) groups is 1. The van der Waals surface area contributed by atoms with E-state index in [0.717, 1.165) is 11.3 Å². The number of benzene rings is 2. The van der Waals surface area contributed by atoms with Gasteiger partial charge in [-0.2, -0.15) is 5.10 Å². The zero-order valence-electron chi connectivity index (χ0n) is 13.9. The van der Waals surface area contributed by atoms with E-state index >= 15 is 0 Å². The molecule has 4 rings (SSSR count). The third-order valence-electron chi connectivity index (χ3n) is 3.97. The molecule has 2 aromatic carbocycles. The van der Waals surface area contributed by atoms with Gasteiger partial charge in [-0.25, -0.2) is 4.68 Å². The number of nitrogens with one attached hydrogen (secondary N) is 1. The zero-order chi connectivity index (χ0) is 17.8. The summed E-state index contributed by atoms with van der Waals surface area (Å²) in [7, 11) is 0. The second-order valence-electron chi connectivity index (χ2n) is 5.73. The van der Waals surface area contributed by atoms with Gasteiger partial charge in [0.05, 0.1) is 11.3 Å². The van der Waals surface area contributed by atoms with Gasteiger partial charge in [-0.1, -0.05) is 48.5 Å². The van der Waals surface area contributed by atoms with Crippen LogP contribution in [0.5, 0.6) is 0 Å². The molecule has 2 heterocycles. The molecule has 5 heteroatoms. The standard InChI is InChI=1S/C21H16N4O/c26-21(23-17-11-13-22-14-12-17)19-15-25(18-9-5-2-6-10-18)24-20(19)16-7-3-1-4-8-16/h1-15H,(H,22,23,26). The smallest absolute Gasteiger partial charge is 0.259 e. The topological polar surface area (TPSA) is 59.8 Å². The van der Waals surface area contributed by atoms with Crippen molar-refractivity contribution in [3.05, 3.63) is 97.0 Å². The Morgan fingerprint density at radius 2 is 1.50 bits per heavy atom. The van der Waals surface area contributed by atoms with Gasteiger partial charge in [0.25, 0.3) is 5.91 Å². The first-order valence-electron chi connectivity index (χ1n) is 8.23. The Morgan fingerprint density at radius 1 is 0.846 bits per heavy atom. The molecule has 1 amide bonds. The zero-order valence-corrected chi connectivity index (χ0v) is 13.9. The predicted octanol–water partition coefficient (Wildman–Crippen LogP) is 4.19. The lowest BCUT2D eigenvalue weighted by Gasteiger charge is -2.04. The number of hydrogen-bond donors (Lipinski definition) is 1. The molecule has 1 N–H and O–H groups in total. The van der Waals surface area contributed by atoms with Crippen molar-refractivity contribution in [3.63, 3.8) is 0 Å². The molecule has 0 atom stereocenters. The summed E-state index contributed by atoms with van der Waals surface area (Å²) in [6.45, 7) is 0. The van der Waals surface area contributed by atoms with E-state index < -0.39 is 0 Å². The molecule has 0 fully saturated rings. The average molecular weight is 340 g/mol. The van der Waals surface area contributed by atoms with Crippen LogP contribution in [-0.2, 0) is 0 Å². The quantitative estimate of drug-likeness (QED) is 0.606. The molecule has 0 bridgehead atoms. The molecule has 2 aromatic heterocycles. The fourth-order valence-corrected chi connectivity index (χ4v) is 2.70. The van der Waals surface area contributed by atoms with Gasteiger partial charge < -0.3 is 5.32 Å². The Balaban J connectivity index is 1.77. The van der Waals surface area contributed by atoms with Crippen molar-refractivity contribution in [2.75, 3.05) is 5.32 Å². The first-order chi connectivity index (χ1) is 12.8. The number of pyridine rings is 1. The molecular formula is C21H16N4O. The van der Waals surface area contributed by atoms with Crippen molar-refractivity contribution in [1.82, 2.24) is 14.8 Å². The highest BCUT2D eigenvalue weighted by atomic mass is 16.1. The van der Waals surface area contributed by atoms with Gasteiger partial charge in [-0.15, -0.1) is 0 Å². The Bertz CT molecular complexity index is 1010. The van der Waals surface area contributed by atoms with Crippen LogP contribution in [0.15, 0.2) is 91.4 Å². The number of rotatable bonds is 4. The van der Waals surface area contributed by atoms with Gasteiger partial charge in [0.2, 0.25) is 0 Å². The molecular weight excluding hydrogens is 324 g/mol. The normalized spacial score (nSPS) is 10.5. The fourth-order valence-electron chi connectivity index (χ4n) is 2.70. The van der Waals surface area contributed by atoms with Crippen LogP contribution in [0.1, 0.15) is 10.4 Å². The largest absolute Gasteiger partial charge is 0.322 e. The van der Waals surface area contributed by atoms with Crippen LogP contribution >= 0.6 is 0 Å². The van der Waals surface area contributed by atoms with Crippen molar-refractivity contribution in [1.29, 1.82) is 0 Å². The lowest BCUT2D eigenvalue weighted by atomic mass is 10.1. The van der Waals surface area contributed by atoms with Gasteiger partial charge >= 0.3 is 0 Å². The summed E-state index contributed by atoms with van der Waals surface area (Å²) in [5.41, 5.74) is 3.63. The van der Waals surface area contributed by atoms with E-state index in [1.807, 2.05) is 60.7 Å². The van der Waals surface area contributed by atoms with E-state index in [9.17, 15) is 4.79 Å². The maximum Gasteiger partial charge on any atom is 0.259 e. The SMILES string of the molecule is O=C(Nc1ccncc1)c1cn(-c2ccccc2)nc1-c1ccccc1. The Labute approximate surface area is 151 Å². The Kier molecular flexibility index (Phi) is 4.26. The summed E-state index contributed by atoms with van der Waals surface area (Å²) in [6, 6.07) is 22.9. The highest BCUT2D eigenvalue weighted by Gasteiger charge is 2.18. The molecule has 5 nitrogen and oxygen atoms in total. The van der Waals surface area contributed by atoms with Crippen LogP contribution in [-0.4, -0.2) is 20.7 Å². The summed E-state index contributed by atoms with van der Waals surface area (Å²) in [5.74, 6) is -0.211. The molecule has 0 saturated carbocycles. The molecule has 0 radical (unpaired) electrons. The maximum absolute atomic E-state index is 12.9. The third kappa shape index (κ3) is 3.23. The molecule has 0 spiro atoms. The van der Waals surface area contributed by atoms with Crippen molar-refractivity contribution >= 4 is 11.6 Å². The minimum atomic E-state index is -0.211. The molecule has 126 valence electrons. The van der Waals surface area contributed by atoms with E-state index in [-0.39, 0.29) is 5.91 Å². The van der Waals surface area contributed by atoms with Crippen LogP contribution in [0.25, 0.3) is 16.9 Å². The van der Waals surface area contributed by atoms with Crippen molar-refractivity contribution < 1.29 is 4.79 Å². The minimum Gasteiger partial charge on any atom is -0.322 e. The lowest BCUT2D eigenvalue weighted by molar-refractivity contribution is 0.102. The first kappa shape index (κ1) is 15.8. The number of aromatic nitrogens is 3. The van der Waals surface area contributed by atoms with Gasteiger partial charge in [0, 0.05) is 29.8 Å². The van der Waals surface area contributed by atoms with Crippen LogP contribution in [0, 0.1) is 0 Å². The van der Waals surface area contributed by atoms with Crippen molar-refractivity contribution in [2.24, 2.45) is 0 Å². The monoisotopic (exact) mass is 340 g/mol. The lowest BCUT2D eigenvalue weighted by Crippen LogP contribution is -2.12. The molecule has 0 aliphatic heterocycles. The number of nitrogens with zero attached hydrogens (tertiary/aromatic N) is 3. The van der Waals surface area contributed by atoms with E-state index in [2.05, 4.69) is 15.4 Å². The van der Waals surface area contributed by atoms with Gasteiger partial charge in [-0.3, -0.25) is 9.78 Å². The molecule has 0 aliphatic carbocycles. The van der Waals surface area contributed by atoms with Crippen LogP contribution in [0.3, 0.4) is 0 Å². The summed E-state index contributed by atoms with van der Waals surface area (Å²) in [5, 5.41) is 7.56. The summed E-state index contributed by atoms with van der Waals surface area (Å²) >= 11 is 0. The van der Waals surface area contributed by atoms with E-state index in [4.69, 9.17) is 0 Å².